The maximum Gasteiger partial charge on any atom is 0.417 e. The van der Waals surface area contributed by atoms with Crippen LogP contribution in [0.2, 0.25) is 0 Å². The van der Waals surface area contributed by atoms with Gasteiger partial charge in [0.1, 0.15) is 5.56 Å². The molecule has 0 radical (unpaired) electrons. The van der Waals surface area contributed by atoms with Crippen molar-refractivity contribution in [3.8, 4) is 5.75 Å². The Bertz CT molecular complexity index is 525. The van der Waals surface area contributed by atoms with Gasteiger partial charge in [-0.2, -0.15) is 13.2 Å². The smallest absolute Gasteiger partial charge is 0.417 e. The Balaban J connectivity index is 3.69. The molecule has 0 aliphatic rings. The molecule has 0 aliphatic carbocycles. The molecule has 0 bridgehead atoms. The highest BCUT2D eigenvalue weighted by molar-refractivity contribution is 6.00. The lowest BCUT2D eigenvalue weighted by atomic mass is 10.0. The molecule has 0 aromatic heterocycles. The first-order valence-corrected chi connectivity index (χ1v) is 5.22. The molecule has 1 rings (SSSR count). The van der Waals surface area contributed by atoms with Gasteiger partial charge < -0.3 is 4.74 Å². The van der Waals surface area contributed by atoms with Gasteiger partial charge in [0.15, 0.2) is 11.5 Å². The Kier molecular flexibility index (Phi) is 4.13. The van der Waals surface area contributed by atoms with Gasteiger partial charge in [-0.05, 0) is 26.0 Å². The Morgan fingerprint density at radius 3 is 2.37 bits per heavy atom. The molecule has 1 aromatic carbocycles. The van der Waals surface area contributed by atoms with Crippen molar-refractivity contribution in [2.24, 2.45) is 0 Å². The number of Topliss-reactive ketones (excluding diaryl/α,β-unsaturated/α-hetero) is 1. The molecule has 8 heteroatoms. The predicted octanol–water partition coefficient (Wildman–Crippen LogP) is 3.21. The van der Waals surface area contributed by atoms with Gasteiger partial charge in [0.05, 0.1) is 17.1 Å². The van der Waals surface area contributed by atoms with Crippen LogP contribution in [0.4, 0.5) is 18.9 Å². The van der Waals surface area contributed by atoms with E-state index in [1.54, 1.807) is 0 Å². The molecule has 0 unspecified atom stereocenters. The number of nitrogens with zero attached hydrogens (tertiary/aromatic N) is 1. The van der Waals surface area contributed by atoms with Gasteiger partial charge in [-0.1, -0.05) is 0 Å². The monoisotopic (exact) mass is 277 g/mol. The molecule has 0 atom stereocenters. The third-order valence-corrected chi connectivity index (χ3v) is 2.28. The van der Waals surface area contributed by atoms with Crippen molar-refractivity contribution < 1.29 is 27.6 Å². The molecule has 0 amide bonds. The standard InChI is InChI=1S/C11H10F3NO4/c1-3-19-8-5-4-7(11(12,13)14)9(6(2)16)10(8)15(17)18/h4-5H,3H2,1-2H3. The summed E-state index contributed by atoms with van der Waals surface area (Å²) in [5, 5.41) is 10.9. The lowest BCUT2D eigenvalue weighted by molar-refractivity contribution is -0.386. The van der Waals surface area contributed by atoms with Crippen LogP contribution in [0.5, 0.6) is 5.75 Å². The summed E-state index contributed by atoms with van der Waals surface area (Å²) in [6, 6.07) is 1.45. The SMILES string of the molecule is CCOc1ccc(C(F)(F)F)c(C(C)=O)c1[N+](=O)[O-]. The van der Waals surface area contributed by atoms with Crippen LogP contribution < -0.4 is 4.74 Å². The number of alkyl halides is 3. The van der Waals surface area contributed by atoms with E-state index in [2.05, 4.69) is 0 Å². The zero-order valence-electron chi connectivity index (χ0n) is 10.1. The number of hydrogen-bond acceptors (Lipinski definition) is 4. The molecule has 0 fully saturated rings. The summed E-state index contributed by atoms with van der Waals surface area (Å²) < 4.78 is 43.2. The van der Waals surface area contributed by atoms with E-state index in [4.69, 9.17) is 4.74 Å². The van der Waals surface area contributed by atoms with E-state index in [-0.39, 0.29) is 12.4 Å². The minimum Gasteiger partial charge on any atom is -0.487 e. The second-order valence-corrected chi connectivity index (χ2v) is 3.58. The van der Waals surface area contributed by atoms with Crippen LogP contribution in [-0.2, 0) is 6.18 Å². The predicted molar refractivity (Wildman–Crippen MR) is 59.3 cm³/mol. The van der Waals surface area contributed by atoms with Gasteiger partial charge in [0, 0.05) is 0 Å². The van der Waals surface area contributed by atoms with Crippen molar-refractivity contribution in [2.75, 3.05) is 6.61 Å². The van der Waals surface area contributed by atoms with E-state index in [0.29, 0.717) is 6.07 Å². The average molecular weight is 277 g/mol. The van der Waals surface area contributed by atoms with Gasteiger partial charge in [-0.15, -0.1) is 0 Å². The van der Waals surface area contributed by atoms with Crippen molar-refractivity contribution >= 4 is 11.5 Å². The fourth-order valence-corrected chi connectivity index (χ4v) is 1.62. The van der Waals surface area contributed by atoms with Crippen LogP contribution in [0.3, 0.4) is 0 Å². The number of nitro groups is 1. The minimum atomic E-state index is -4.85. The number of hydrogen-bond donors (Lipinski definition) is 0. The fraction of sp³-hybridized carbons (Fsp3) is 0.364. The lowest BCUT2D eigenvalue weighted by Gasteiger charge is -2.13. The van der Waals surface area contributed by atoms with Crippen molar-refractivity contribution in [2.45, 2.75) is 20.0 Å². The number of ketones is 1. The molecule has 0 spiro atoms. The quantitative estimate of drug-likeness (QED) is 0.481. The van der Waals surface area contributed by atoms with Crippen LogP contribution in [0.1, 0.15) is 29.8 Å². The molecule has 1 aromatic rings. The summed E-state index contributed by atoms with van der Waals surface area (Å²) >= 11 is 0. The van der Waals surface area contributed by atoms with Crippen LogP contribution in [0, 0.1) is 10.1 Å². The highest BCUT2D eigenvalue weighted by Gasteiger charge is 2.40. The van der Waals surface area contributed by atoms with Crippen LogP contribution >= 0.6 is 0 Å². The molecule has 0 saturated carbocycles. The average Bonchev–Trinajstić information content (AvgIpc) is 2.26. The number of rotatable bonds is 4. The summed E-state index contributed by atoms with van der Waals surface area (Å²) in [5.41, 5.74) is -3.28. The number of benzene rings is 1. The van der Waals surface area contributed by atoms with E-state index in [1.165, 1.54) is 6.92 Å². The van der Waals surface area contributed by atoms with Crippen molar-refractivity contribution in [3.05, 3.63) is 33.4 Å². The van der Waals surface area contributed by atoms with Crippen LogP contribution in [0.15, 0.2) is 12.1 Å². The van der Waals surface area contributed by atoms with E-state index < -0.39 is 33.7 Å². The second kappa shape index (κ2) is 5.25. The molecule has 104 valence electrons. The molecule has 0 heterocycles. The van der Waals surface area contributed by atoms with Gasteiger partial charge in [0.2, 0.25) is 0 Å². The first kappa shape index (κ1) is 14.9. The molecule has 5 nitrogen and oxygen atoms in total. The zero-order valence-corrected chi connectivity index (χ0v) is 10.1. The third-order valence-electron chi connectivity index (χ3n) is 2.28. The highest BCUT2D eigenvalue weighted by atomic mass is 19.4. The Morgan fingerprint density at radius 1 is 1.42 bits per heavy atom. The van der Waals surface area contributed by atoms with Crippen LogP contribution in [-0.4, -0.2) is 17.3 Å². The van der Waals surface area contributed by atoms with Gasteiger partial charge in [-0.3, -0.25) is 14.9 Å². The number of halogens is 3. The molecular weight excluding hydrogens is 267 g/mol. The van der Waals surface area contributed by atoms with Crippen molar-refractivity contribution in [3.63, 3.8) is 0 Å². The van der Waals surface area contributed by atoms with E-state index in [1.807, 2.05) is 0 Å². The fourth-order valence-electron chi connectivity index (χ4n) is 1.62. The molecular formula is C11H10F3NO4. The molecule has 0 aliphatic heterocycles. The van der Waals surface area contributed by atoms with E-state index in [9.17, 15) is 28.1 Å². The zero-order chi connectivity index (χ0) is 14.8. The summed E-state index contributed by atoms with van der Waals surface area (Å²) in [5.74, 6) is -1.40. The lowest BCUT2D eigenvalue weighted by Crippen LogP contribution is -2.15. The number of ether oxygens (including phenoxy) is 1. The Hall–Kier alpha value is -2.12. The van der Waals surface area contributed by atoms with Crippen molar-refractivity contribution in [1.82, 2.24) is 0 Å². The van der Waals surface area contributed by atoms with Crippen LogP contribution in [0.25, 0.3) is 0 Å². The first-order valence-electron chi connectivity index (χ1n) is 5.22. The van der Waals surface area contributed by atoms with E-state index in [0.717, 1.165) is 13.0 Å². The number of carbonyl (C=O) groups is 1. The van der Waals surface area contributed by atoms with Crippen molar-refractivity contribution in [1.29, 1.82) is 0 Å². The minimum absolute atomic E-state index is 0.0313. The molecule has 19 heavy (non-hydrogen) atoms. The first-order chi connectivity index (χ1) is 8.70. The normalized spacial score (nSPS) is 11.2. The maximum absolute atomic E-state index is 12.8. The Labute approximate surface area is 106 Å². The van der Waals surface area contributed by atoms with Gasteiger partial charge in [0.25, 0.3) is 0 Å². The summed E-state index contributed by atoms with van der Waals surface area (Å²) in [7, 11) is 0. The Morgan fingerprint density at radius 2 is 2.00 bits per heavy atom. The van der Waals surface area contributed by atoms with Gasteiger partial charge >= 0.3 is 11.9 Å². The summed E-state index contributed by atoms with van der Waals surface area (Å²) in [6.45, 7) is 2.39. The third kappa shape index (κ3) is 3.01. The summed E-state index contributed by atoms with van der Waals surface area (Å²) in [6.07, 6.45) is -4.85. The number of carbonyl (C=O) groups excluding carboxylic acids is 1. The highest BCUT2D eigenvalue weighted by Crippen LogP contribution is 2.40. The van der Waals surface area contributed by atoms with Gasteiger partial charge in [-0.25, -0.2) is 0 Å². The molecule has 0 N–H and O–H groups in total. The maximum atomic E-state index is 12.8. The van der Waals surface area contributed by atoms with E-state index >= 15 is 0 Å². The number of nitro benzene ring substituents is 1. The summed E-state index contributed by atoms with van der Waals surface area (Å²) in [4.78, 5) is 21.2. The molecule has 0 saturated heterocycles. The second-order valence-electron chi connectivity index (χ2n) is 3.58. The topological polar surface area (TPSA) is 69.4 Å². The largest absolute Gasteiger partial charge is 0.487 e.